The molecule has 0 bridgehead atoms. The molecular formula is C12H15FN2O2. The van der Waals surface area contributed by atoms with Crippen molar-refractivity contribution in [2.45, 2.75) is 37.6 Å². The van der Waals surface area contributed by atoms with E-state index in [0.717, 1.165) is 12.8 Å². The summed E-state index contributed by atoms with van der Waals surface area (Å²) in [6.07, 6.45) is 1.54. The fourth-order valence-corrected chi connectivity index (χ4v) is 2.29. The number of hydrogen-bond acceptors (Lipinski definition) is 3. The van der Waals surface area contributed by atoms with Crippen LogP contribution in [0.25, 0.3) is 0 Å². The number of nitro groups is 1. The molecule has 0 aliphatic heterocycles. The molecule has 0 spiro atoms. The van der Waals surface area contributed by atoms with Crippen molar-refractivity contribution < 1.29 is 9.31 Å². The largest absolute Gasteiger partial charge is 0.324 e. The first-order valence-electron chi connectivity index (χ1n) is 5.52. The maximum atomic E-state index is 13.9. The van der Waals surface area contributed by atoms with Gasteiger partial charge in [0.05, 0.1) is 10.5 Å². The van der Waals surface area contributed by atoms with Crippen LogP contribution in [-0.4, -0.2) is 10.5 Å². The third kappa shape index (κ3) is 1.70. The Labute approximate surface area is 98.8 Å². The Morgan fingerprint density at radius 1 is 1.47 bits per heavy atom. The second kappa shape index (κ2) is 3.50. The van der Waals surface area contributed by atoms with Gasteiger partial charge in [0.2, 0.25) is 0 Å². The second-order valence-electron chi connectivity index (χ2n) is 5.17. The van der Waals surface area contributed by atoms with Gasteiger partial charge in [0.25, 0.3) is 5.69 Å². The summed E-state index contributed by atoms with van der Waals surface area (Å²) in [6.45, 7) is 3.54. The topological polar surface area (TPSA) is 69.2 Å². The molecule has 0 aromatic heterocycles. The normalized spacial score (nSPS) is 17.9. The lowest BCUT2D eigenvalue weighted by atomic mass is 9.75. The van der Waals surface area contributed by atoms with Gasteiger partial charge in [-0.2, -0.15) is 0 Å². The first kappa shape index (κ1) is 12.0. The van der Waals surface area contributed by atoms with Gasteiger partial charge in [-0.3, -0.25) is 10.1 Å². The molecule has 4 nitrogen and oxygen atoms in total. The lowest BCUT2D eigenvalue weighted by Crippen LogP contribution is -2.44. The maximum Gasteiger partial charge on any atom is 0.276 e. The summed E-state index contributed by atoms with van der Waals surface area (Å²) < 4.78 is 13.9. The fourth-order valence-electron chi connectivity index (χ4n) is 2.29. The molecule has 0 atom stereocenters. The van der Waals surface area contributed by atoms with Crippen LogP contribution in [0.4, 0.5) is 10.1 Å². The fraction of sp³-hybridized carbons (Fsp3) is 0.500. The van der Waals surface area contributed by atoms with E-state index in [-0.39, 0.29) is 11.3 Å². The van der Waals surface area contributed by atoms with Gasteiger partial charge in [0, 0.05) is 17.0 Å². The standard InChI is InChI=1S/C12H15FN2O2/c1-11(2,12(14)6-7-12)10-8(13)4-3-5-9(10)15(16)17/h3-5H,6-7,14H2,1-2H3. The highest BCUT2D eigenvalue weighted by atomic mass is 19.1. The van der Waals surface area contributed by atoms with Crippen LogP contribution in [0.3, 0.4) is 0 Å². The average molecular weight is 238 g/mol. The summed E-state index contributed by atoms with van der Waals surface area (Å²) in [5, 5.41) is 11.0. The molecule has 1 aliphatic rings. The van der Waals surface area contributed by atoms with E-state index in [0.29, 0.717) is 0 Å². The molecule has 1 aliphatic carbocycles. The Bertz CT molecular complexity index is 481. The van der Waals surface area contributed by atoms with Crippen LogP contribution in [0.1, 0.15) is 32.3 Å². The van der Waals surface area contributed by atoms with Gasteiger partial charge in [-0.1, -0.05) is 19.9 Å². The summed E-state index contributed by atoms with van der Waals surface area (Å²) >= 11 is 0. The molecule has 0 amide bonds. The third-order valence-electron chi connectivity index (χ3n) is 3.85. The van der Waals surface area contributed by atoms with E-state index in [9.17, 15) is 14.5 Å². The number of nitrogens with zero attached hydrogens (tertiary/aromatic N) is 1. The molecule has 0 saturated heterocycles. The molecule has 1 aromatic rings. The summed E-state index contributed by atoms with van der Waals surface area (Å²) in [7, 11) is 0. The summed E-state index contributed by atoms with van der Waals surface area (Å²) in [5.41, 5.74) is 4.77. The monoisotopic (exact) mass is 238 g/mol. The number of benzene rings is 1. The first-order valence-corrected chi connectivity index (χ1v) is 5.52. The predicted molar refractivity (Wildman–Crippen MR) is 62.2 cm³/mol. The molecule has 5 heteroatoms. The van der Waals surface area contributed by atoms with E-state index in [1.807, 2.05) is 0 Å². The highest BCUT2D eigenvalue weighted by Crippen LogP contribution is 2.51. The smallest absolute Gasteiger partial charge is 0.276 e. The van der Waals surface area contributed by atoms with E-state index in [2.05, 4.69) is 0 Å². The van der Waals surface area contributed by atoms with Gasteiger partial charge in [-0.25, -0.2) is 4.39 Å². The zero-order chi connectivity index (χ0) is 12.8. The van der Waals surface area contributed by atoms with E-state index in [1.165, 1.54) is 18.2 Å². The van der Waals surface area contributed by atoms with Crippen molar-refractivity contribution in [3.63, 3.8) is 0 Å². The number of halogens is 1. The van der Waals surface area contributed by atoms with Crippen molar-refractivity contribution in [3.8, 4) is 0 Å². The van der Waals surface area contributed by atoms with Crippen LogP contribution in [0.2, 0.25) is 0 Å². The van der Waals surface area contributed by atoms with Crippen molar-refractivity contribution in [2.24, 2.45) is 5.73 Å². The van der Waals surface area contributed by atoms with E-state index in [4.69, 9.17) is 5.73 Å². The molecule has 0 unspecified atom stereocenters. The predicted octanol–water partition coefficient (Wildman–Crippen LogP) is 2.50. The number of nitro benzene ring substituents is 1. The van der Waals surface area contributed by atoms with Crippen molar-refractivity contribution >= 4 is 5.69 Å². The minimum Gasteiger partial charge on any atom is -0.324 e. The third-order valence-corrected chi connectivity index (χ3v) is 3.85. The minimum absolute atomic E-state index is 0.116. The Balaban J connectivity index is 2.62. The molecule has 2 rings (SSSR count). The molecule has 17 heavy (non-hydrogen) atoms. The maximum absolute atomic E-state index is 13.9. The summed E-state index contributed by atoms with van der Waals surface area (Å²) in [6, 6.07) is 3.92. The average Bonchev–Trinajstić information content (AvgIpc) is 2.97. The van der Waals surface area contributed by atoms with Crippen LogP contribution < -0.4 is 5.73 Å². The number of hydrogen-bond donors (Lipinski definition) is 1. The first-order chi connectivity index (χ1) is 7.79. The van der Waals surface area contributed by atoms with Gasteiger partial charge >= 0.3 is 0 Å². The molecular weight excluding hydrogens is 223 g/mol. The lowest BCUT2D eigenvalue weighted by Gasteiger charge is -2.32. The molecule has 92 valence electrons. The SMILES string of the molecule is CC(C)(c1c(F)cccc1[N+](=O)[O-])C1(N)CC1. The second-order valence-corrected chi connectivity index (χ2v) is 5.17. The molecule has 0 heterocycles. The molecule has 1 fully saturated rings. The Morgan fingerprint density at radius 3 is 2.53 bits per heavy atom. The van der Waals surface area contributed by atoms with Crippen LogP contribution in [0.15, 0.2) is 18.2 Å². The van der Waals surface area contributed by atoms with E-state index in [1.54, 1.807) is 13.8 Å². The number of rotatable bonds is 3. The lowest BCUT2D eigenvalue weighted by molar-refractivity contribution is -0.386. The zero-order valence-corrected chi connectivity index (χ0v) is 9.87. The molecule has 1 saturated carbocycles. The summed E-state index contributed by atoms with van der Waals surface area (Å²) in [5.74, 6) is -0.555. The van der Waals surface area contributed by atoms with Crippen LogP contribution in [-0.2, 0) is 5.41 Å². The molecule has 0 radical (unpaired) electrons. The van der Waals surface area contributed by atoms with Crippen LogP contribution in [0.5, 0.6) is 0 Å². The van der Waals surface area contributed by atoms with Gasteiger partial charge in [0.15, 0.2) is 0 Å². The van der Waals surface area contributed by atoms with E-state index < -0.39 is 21.7 Å². The van der Waals surface area contributed by atoms with Gasteiger partial charge in [-0.05, 0) is 18.9 Å². The van der Waals surface area contributed by atoms with Gasteiger partial charge in [0.1, 0.15) is 5.82 Å². The van der Waals surface area contributed by atoms with Crippen molar-refractivity contribution in [1.29, 1.82) is 0 Å². The van der Waals surface area contributed by atoms with Gasteiger partial charge in [-0.15, -0.1) is 0 Å². The Hall–Kier alpha value is -1.49. The molecule has 1 aromatic carbocycles. The quantitative estimate of drug-likeness (QED) is 0.649. The Morgan fingerprint density at radius 2 is 2.06 bits per heavy atom. The highest BCUT2D eigenvalue weighted by Gasteiger charge is 2.54. The summed E-state index contributed by atoms with van der Waals surface area (Å²) in [4.78, 5) is 10.4. The molecule has 2 N–H and O–H groups in total. The van der Waals surface area contributed by atoms with Crippen molar-refractivity contribution in [3.05, 3.63) is 39.7 Å². The van der Waals surface area contributed by atoms with Crippen molar-refractivity contribution in [2.75, 3.05) is 0 Å². The minimum atomic E-state index is -0.735. The Kier molecular flexibility index (Phi) is 2.47. The van der Waals surface area contributed by atoms with Crippen LogP contribution in [0, 0.1) is 15.9 Å². The van der Waals surface area contributed by atoms with Crippen molar-refractivity contribution in [1.82, 2.24) is 0 Å². The highest BCUT2D eigenvalue weighted by molar-refractivity contribution is 5.48. The van der Waals surface area contributed by atoms with Gasteiger partial charge < -0.3 is 5.73 Å². The number of nitrogens with two attached hydrogens (primary N) is 1. The van der Waals surface area contributed by atoms with E-state index >= 15 is 0 Å². The zero-order valence-electron chi connectivity index (χ0n) is 9.87. The van der Waals surface area contributed by atoms with Crippen LogP contribution >= 0.6 is 0 Å².